The molecule has 3 nitrogen and oxygen atoms in total. The number of rotatable bonds is 4. The molecular weight excluding hydrogens is 192 g/mol. The van der Waals surface area contributed by atoms with E-state index in [9.17, 15) is 14.7 Å². The van der Waals surface area contributed by atoms with E-state index in [2.05, 4.69) is 0 Å². The Morgan fingerprint density at radius 2 is 1.93 bits per heavy atom. The molecule has 1 saturated carbocycles. The van der Waals surface area contributed by atoms with Gasteiger partial charge in [0.25, 0.3) is 0 Å². The minimum absolute atomic E-state index is 0.297. The van der Waals surface area contributed by atoms with Crippen molar-refractivity contribution in [2.75, 3.05) is 0 Å². The Bertz CT molecular complexity index is 379. The van der Waals surface area contributed by atoms with Gasteiger partial charge in [-0.15, -0.1) is 0 Å². The zero-order valence-electron chi connectivity index (χ0n) is 8.22. The summed E-state index contributed by atoms with van der Waals surface area (Å²) in [6.07, 6.45) is 0.264. The Morgan fingerprint density at radius 3 is 2.40 bits per heavy atom. The van der Waals surface area contributed by atoms with Gasteiger partial charge in [-0.05, 0) is 18.4 Å². The van der Waals surface area contributed by atoms with Gasteiger partial charge in [-0.25, -0.2) is 0 Å². The highest BCUT2D eigenvalue weighted by atomic mass is 16.3. The quantitative estimate of drug-likeness (QED) is 0.584. The molecule has 1 N–H and O–H groups in total. The van der Waals surface area contributed by atoms with Gasteiger partial charge in [-0.1, -0.05) is 30.3 Å². The summed E-state index contributed by atoms with van der Waals surface area (Å²) in [4.78, 5) is 22.2. The van der Waals surface area contributed by atoms with Gasteiger partial charge in [0.05, 0.1) is 5.41 Å². The maximum Gasteiger partial charge on any atom is 0.179 e. The lowest BCUT2D eigenvalue weighted by Gasteiger charge is -2.15. The summed E-state index contributed by atoms with van der Waals surface area (Å²) in [5.74, 6) is -0.372. The molecule has 0 aromatic heterocycles. The van der Waals surface area contributed by atoms with Crippen LogP contribution in [-0.2, 0) is 15.0 Å². The molecule has 1 fully saturated rings. The summed E-state index contributed by atoms with van der Waals surface area (Å²) in [5, 5.41) is 9.25. The third-order valence-electron chi connectivity index (χ3n) is 2.95. The number of benzene rings is 1. The van der Waals surface area contributed by atoms with Crippen molar-refractivity contribution in [3.63, 3.8) is 0 Å². The highest BCUT2D eigenvalue weighted by Crippen LogP contribution is 2.49. The summed E-state index contributed by atoms with van der Waals surface area (Å²) in [7, 11) is 0. The molecule has 78 valence electrons. The lowest BCUT2D eigenvalue weighted by atomic mass is 9.89. The van der Waals surface area contributed by atoms with Crippen LogP contribution in [-0.4, -0.2) is 23.3 Å². The highest BCUT2D eigenvalue weighted by Gasteiger charge is 2.52. The Kier molecular flexibility index (Phi) is 2.40. The molecule has 0 spiro atoms. The average molecular weight is 204 g/mol. The first-order chi connectivity index (χ1) is 7.20. The van der Waals surface area contributed by atoms with E-state index in [1.807, 2.05) is 30.3 Å². The van der Waals surface area contributed by atoms with Crippen molar-refractivity contribution in [2.24, 2.45) is 0 Å². The largest absolute Gasteiger partial charge is 0.378 e. The Hall–Kier alpha value is -1.48. The van der Waals surface area contributed by atoms with Crippen LogP contribution in [0, 0.1) is 0 Å². The molecule has 1 unspecified atom stereocenters. The minimum Gasteiger partial charge on any atom is -0.378 e. The first-order valence-electron chi connectivity index (χ1n) is 4.94. The smallest absolute Gasteiger partial charge is 0.179 e. The average Bonchev–Trinajstić information content (AvgIpc) is 3.09. The Morgan fingerprint density at radius 1 is 1.33 bits per heavy atom. The van der Waals surface area contributed by atoms with Gasteiger partial charge in [-0.3, -0.25) is 9.59 Å². The van der Waals surface area contributed by atoms with Crippen LogP contribution in [0.5, 0.6) is 0 Å². The van der Waals surface area contributed by atoms with Crippen LogP contribution < -0.4 is 0 Å². The molecule has 0 saturated heterocycles. The van der Waals surface area contributed by atoms with Gasteiger partial charge in [0.15, 0.2) is 18.2 Å². The van der Waals surface area contributed by atoms with Crippen LogP contribution in [0.1, 0.15) is 18.4 Å². The first-order valence-corrected chi connectivity index (χ1v) is 4.94. The van der Waals surface area contributed by atoms with Crippen molar-refractivity contribution in [1.82, 2.24) is 0 Å². The standard InChI is InChI=1S/C12H12O3/c13-8-10(14)11(15)12(6-7-12)9-4-2-1-3-5-9/h1-5,8,10,14H,6-7H2. The molecule has 0 aliphatic heterocycles. The van der Waals surface area contributed by atoms with Gasteiger partial charge >= 0.3 is 0 Å². The molecule has 1 aromatic carbocycles. The summed E-state index contributed by atoms with van der Waals surface area (Å²) >= 11 is 0. The zero-order chi connectivity index (χ0) is 10.9. The lowest BCUT2D eigenvalue weighted by molar-refractivity contribution is -0.134. The summed E-state index contributed by atoms with van der Waals surface area (Å²) in [6.45, 7) is 0. The predicted octanol–water partition coefficient (Wildman–Crippen LogP) is 0.847. The van der Waals surface area contributed by atoms with Crippen molar-refractivity contribution < 1.29 is 14.7 Å². The summed E-state index contributed by atoms with van der Waals surface area (Å²) in [6, 6.07) is 9.32. The van der Waals surface area contributed by atoms with E-state index in [0.717, 1.165) is 18.4 Å². The fraction of sp³-hybridized carbons (Fsp3) is 0.333. The second-order valence-electron chi connectivity index (χ2n) is 3.89. The third-order valence-corrected chi connectivity index (χ3v) is 2.95. The molecule has 1 aliphatic rings. The van der Waals surface area contributed by atoms with Crippen molar-refractivity contribution >= 4 is 12.1 Å². The molecule has 2 rings (SSSR count). The highest BCUT2D eigenvalue weighted by molar-refractivity contribution is 6.04. The molecule has 1 atom stereocenters. The first kappa shape index (κ1) is 10.1. The molecule has 0 radical (unpaired) electrons. The number of hydrogen-bond acceptors (Lipinski definition) is 3. The van der Waals surface area contributed by atoms with E-state index < -0.39 is 11.5 Å². The second-order valence-corrected chi connectivity index (χ2v) is 3.89. The monoisotopic (exact) mass is 204 g/mol. The molecule has 0 bridgehead atoms. The third kappa shape index (κ3) is 1.59. The predicted molar refractivity (Wildman–Crippen MR) is 54.4 cm³/mol. The van der Waals surface area contributed by atoms with Crippen LogP contribution in [0.2, 0.25) is 0 Å². The Balaban J connectivity index is 2.29. The number of aliphatic hydroxyl groups is 1. The minimum atomic E-state index is -1.48. The van der Waals surface area contributed by atoms with Gasteiger partial charge in [0, 0.05) is 0 Å². The molecule has 0 heterocycles. The van der Waals surface area contributed by atoms with Crippen LogP contribution in [0.25, 0.3) is 0 Å². The fourth-order valence-corrected chi connectivity index (χ4v) is 1.90. The number of hydrogen-bond donors (Lipinski definition) is 1. The van der Waals surface area contributed by atoms with E-state index in [0.29, 0.717) is 6.29 Å². The SMILES string of the molecule is O=CC(O)C(=O)C1(c2ccccc2)CC1. The molecule has 0 amide bonds. The van der Waals surface area contributed by atoms with Crippen molar-refractivity contribution in [1.29, 1.82) is 0 Å². The zero-order valence-corrected chi connectivity index (χ0v) is 8.22. The maximum absolute atomic E-state index is 11.8. The van der Waals surface area contributed by atoms with Crippen molar-refractivity contribution in [2.45, 2.75) is 24.4 Å². The van der Waals surface area contributed by atoms with Crippen LogP contribution in [0.4, 0.5) is 0 Å². The molecule has 3 heteroatoms. The van der Waals surface area contributed by atoms with Gasteiger partial charge in [0.1, 0.15) is 0 Å². The fourth-order valence-electron chi connectivity index (χ4n) is 1.90. The van der Waals surface area contributed by atoms with Gasteiger partial charge in [-0.2, -0.15) is 0 Å². The summed E-state index contributed by atoms with van der Waals surface area (Å²) in [5.41, 5.74) is 0.303. The van der Waals surface area contributed by atoms with Crippen LogP contribution in [0.15, 0.2) is 30.3 Å². The summed E-state index contributed by atoms with van der Waals surface area (Å²) < 4.78 is 0. The molecular formula is C12H12O3. The van der Waals surface area contributed by atoms with Crippen LogP contribution in [0.3, 0.4) is 0 Å². The van der Waals surface area contributed by atoms with Gasteiger partial charge < -0.3 is 5.11 Å². The molecule has 1 aromatic rings. The molecule has 15 heavy (non-hydrogen) atoms. The second kappa shape index (κ2) is 3.59. The van der Waals surface area contributed by atoms with Gasteiger partial charge in [0.2, 0.25) is 0 Å². The number of carbonyl (C=O) groups excluding carboxylic acids is 2. The number of ketones is 1. The van der Waals surface area contributed by atoms with E-state index in [-0.39, 0.29) is 5.78 Å². The molecule has 1 aliphatic carbocycles. The topological polar surface area (TPSA) is 54.4 Å². The van der Waals surface area contributed by atoms with Crippen molar-refractivity contribution in [3.05, 3.63) is 35.9 Å². The van der Waals surface area contributed by atoms with E-state index in [1.165, 1.54) is 0 Å². The van der Waals surface area contributed by atoms with E-state index in [1.54, 1.807) is 0 Å². The maximum atomic E-state index is 11.8. The van der Waals surface area contributed by atoms with Crippen molar-refractivity contribution in [3.8, 4) is 0 Å². The van der Waals surface area contributed by atoms with E-state index in [4.69, 9.17) is 0 Å². The normalized spacial score (nSPS) is 19.3. The number of aliphatic hydroxyl groups excluding tert-OH is 1. The Labute approximate surface area is 87.7 Å². The number of carbonyl (C=O) groups is 2. The number of aldehydes is 1. The lowest BCUT2D eigenvalue weighted by Crippen LogP contribution is -2.33. The number of Topliss-reactive ketones (excluding diaryl/α,β-unsaturated/α-hetero) is 1. The van der Waals surface area contributed by atoms with E-state index >= 15 is 0 Å². The van der Waals surface area contributed by atoms with Crippen LogP contribution >= 0.6 is 0 Å².